The van der Waals surface area contributed by atoms with E-state index in [9.17, 15) is 4.79 Å². The van der Waals surface area contributed by atoms with Gasteiger partial charge in [-0.25, -0.2) is 0 Å². The van der Waals surface area contributed by atoms with Crippen molar-refractivity contribution in [3.05, 3.63) is 0 Å². The van der Waals surface area contributed by atoms with E-state index in [1.165, 1.54) is 0 Å². The summed E-state index contributed by atoms with van der Waals surface area (Å²) in [6.45, 7) is 2.04. The Balaban J connectivity index is 2.61. The summed E-state index contributed by atoms with van der Waals surface area (Å²) in [7, 11) is 0. The molecule has 1 fully saturated rings. The molecule has 0 spiro atoms. The lowest BCUT2D eigenvalue weighted by Crippen LogP contribution is -2.55. The van der Waals surface area contributed by atoms with Gasteiger partial charge in [0.25, 0.3) is 0 Å². The molecule has 1 amide bonds. The Kier molecular flexibility index (Phi) is 4.58. The molecule has 0 heterocycles. The van der Waals surface area contributed by atoms with Crippen LogP contribution in [0.15, 0.2) is 5.16 Å². The van der Waals surface area contributed by atoms with Crippen molar-refractivity contribution in [1.82, 2.24) is 5.32 Å². The third-order valence-corrected chi connectivity index (χ3v) is 3.19. The predicted octanol–water partition coefficient (Wildman–Crippen LogP) is 1.35. The third kappa shape index (κ3) is 2.87. The number of hydrogen-bond donors (Lipinski definition) is 3. The smallest absolute Gasteiger partial charge is 0.220 e. The summed E-state index contributed by atoms with van der Waals surface area (Å²) in [4.78, 5) is 11.7. The first-order chi connectivity index (χ1) is 7.64. The van der Waals surface area contributed by atoms with Crippen molar-refractivity contribution in [3.8, 4) is 0 Å². The second-order valence-corrected chi connectivity index (χ2v) is 4.43. The van der Waals surface area contributed by atoms with Crippen LogP contribution in [0.25, 0.3) is 0 Å². The normalized spacial score (nSPS) is 19.7. The summed E-state index contributed by atoms with van der Waals surface area (Å²) in [5.74, 6) is 0.130. The maximum Gasteiger partial charge on any atom is 0.220 e. The van der Waals surface area contributed by atoms with Crippen LogP contribution in [-0.4, -0.2) is 22.5 Å². The van der Waals surface area contributed by atoms with E-state index in [2.05, 4.69) is 10.5 Å². The second kappa shape index (κ2) is 5.72. The molecule has 0 atom stereocenters. The molecule has 5 nitrogen and oxygen atoms in total. The lowest BCUT2D eigenvalue weighted by atomic mass is 9.95. The van der Waals surface area contributed by atoms with Gasteiger partial charge in [-0.15, -0.1) is 0 Å². The number of unbranched alkanes of at least 4 members (excludes halogenated alkanes) is 1. The van der Waals surface area contributed by atoms with Crippen LogP contribution in [0.4, 0.5) is 0 Å². The maximum absolute atomic E-state index is 11.7. The Bertz CT molecular complexity index is 270. The van der Waals surface area contributed by atoms with Gasteiger partial charge in [-0.05, 0) is 19.3 Å². The monoisotopic (exact) mass is 227 g/mol. The van der Waals surface area contributed by atoms with Crippen molar-refractivity contribution in [2.24, 2.45) is 10.9 Å². The molecule has 1 aliphatic carbocycles. The highest BCUT2D eigenvalue weighted by atomic mass is 16.4. The highest BCUT2D eigenvalue weighted by Gasteiger charge is 2.39. The van der Waals surface area contributed by atoms with Crippen LogP contribution in [0.2, 0.25) is 0 Å². The van der Waals surface area contributed by atoms with Crippen molar-refractivity contribution in [2.45, 2.75) is 57.4 Å². The van der Waals surface area contributed by atoms with Crippen LogP contribution in [0.3, 0.4) is 0 Å². The van der Waals surface area contributed by atoms with E-state index in [0.717, 1.165) is 38.5 Å². The molecule has 0 aliphatic heterocycles. The molecule has 1 rings (SSSR count). The van der Waals surface area contributed by atoms with Gasteiger partial charge in [0.15, 0.2) is 5.84 Å². The van der Waals surface area contributed by atoms with Crippen LogP contribution in [0.1, 0.15) is 51.9 Å². The molecule has 0 radical (unpaired) electrons. The Morgan fingerprint density at radius 2 is 2.12 bits per heavy atom. The summed E-state index contributed by atoms with van der Waals surface area (Å²) >= 11 is 0. The zero-order valence-corrected chi connectivity index (χ0v) is 9.83. The van der Waals surface area contributed by atoms with Crippen LogP contribution in [0.5, 0.6) is 0 Å². The molecule has 0 aromatic heterocycles. The van der Waals surface area contributed by atoms with Crippen molar-refractivity contribution < 1.29 is 10.0 Å². The van der Waals surface area contributed by atoms with Crippen LogP contribution < -0.4 is 11.1 Å². The molecule has 1 saturated carbocycles. The zero-order valence-electron chi connectivity index (χ0n) is 9.83. The number of oxime groups is 1. The summed E-state index contributed by atoms with van der Waals surface area (Å²) in [6, 6.07) is 0. The number of amidine groups is 1. The largest absolute Gasteiger partial charge is 0.409 e. The Morgan fingerprint density at radius 3 is 2.62 bits per heavy atom. The summed E-state index contributed by atoms with van der Waals surface area (Å²) in [5, 5.41) is 14.7. The minimum atomic E-state index is -0.598. The Hall–Kier alpha value is -1.26. The number of nitrogens with two attached hydrogens (primary N) is 1. The Morgan fingerprint density at radius 1 is 1.50 bits per heavy atom. The highest BCUT2D eigenvalue weighted by molar-refractivity contribution is 5.94. The van der Waals surface area contributed by atoms with Crippen molar-refractivity contribution in [2.75, 3.05) is 0 Å². The number of carbonyl (C=O) groups excluding carboxylic acids is 1. The molecular formula is C11H21N3O2. The van der Waals surface area contributed by atoms with Crippen molar-refractivity contribution >= 4 is 11.7 Å². The molecule has 5 heteroatoms. The van der Waals surface area contributed by atoms with Crippen LogP contribution in [-0.2, 0) is 4.79 Å². The molecule has 92 valence electrons. The fourth-order valence-electron chi connectivity index (χ4n) is 2.19. The number of hydrogen-bond acceptors (Lipinski definition) is 3. The zero-order chi connectivity index (χ0) is 12.0. The van der Waals surface area contributed by atoms with Gasteiger partial charge in [0.1, 0.15) is 5.54 Å². The molecule has 16 heavy (non-hydrogen) atoms. The van der Waals surface area contributed by atoms with E-state index < -0.39 is 5.54 Å². The van der Waals surface area contributed by atoms with Crippen molar-refractivity contribution in [1.29, 1.82) is 0 Å². The highest BCUT2D eigenvalue weighted by Crippen LogP contribution is 2.30. The topological polar surface area (TPSA) is 87.7 Å². The minimum Gasteiger partial charge on any atom is -0.409 e. The van der Waals surface area contributed by atoms with Gasteiger partial charge < -0.3 is 16.3 Å². The Labute approximate surface area is 96.1 Å². The molecule has 0 saturated heterocycles. The quantitative estimate of drug-likeness (QED) is 0.287. The third-order valence-electron chi connectivity index (χ3n) is 3.19. The minimum absolute atomic E-state index is 0.00431. The van der Waals surface area contributed by atoms with Gasteiger partial charge in [0.2, 0.25) is 5.91 Å². The summed E-state index contributed by atoms with van der Waals surface area (Å²) < 4.78 is 0. The first-order valence-corrected chi connectivity index (χ1v) is 5.93. The standard InChI is InChI=1S/C11H21N3O2/c1-2-3-6-9(15)13-11(10(12)14-16)7-4-5-8-11/h16H,2-8H2,1H3,(H2,12,14)(H,13,15). The first-order valence-electron chi connectivity index (χ1n) is 5.93. The average molecular weight is 227 g/mol. The van der Waals surface area contributed by atoms with E-state index >= 15 is 0 Å². The lowest BCUT2D eigenvalue weighted by Gasteiger charge is -2.28. The van der Waals surface area contributed by atoms with Gasteiger partial charge in [0.05, 0.1) is 0 Å². The molecule has 0 aromatic rings. The maximum atomic E-state index is 11.7. The van der Waals surface area contributed by atoms with E-state index in [0.29, 0.717) is 6.42 Å². The van der Waals surface area contributed by atoms with Gasteiger partial charge in [-0.3, -0.25) is 4.79 Å². The van der Waals surface area contributed by atoms with Gasteiger partial charge >= 0.3 is 0 Å². The number of amides is 1. The van der Waals surface area contributed by atoms with Crippen LogP contribution >= 0.6 is 0 Å². The van der Waals surface area contributed by atoms with E-state index in [-0.39, 0.29) is 11.7 Å². The predicted molar refractivity (Wildman–Crippen MR) is 62.3 cm³/mol. The second-order valence-electron chi connectivity index (χ2n) is 4.43. The molecule has 0 aromatic carbocycles. The van der Waals surface area contributed by atoms with Gasteiger partial charge in [-0.2, -0.15) is 0 Å². The molecular weight excluding hydrogens is 206 g/mol. The van der Waals surface area contributed by atoms with Crippen LogP contribution in [0, 0.1) is 0 Å². The molecule has 0 bridgehead atoms. The first kappa shape index (κ1) is 12.8. The molecule has 1 aliphatic rings. The number of rotatable bonds is 5. The number of carbonyl (C=O) groups is 1. The van der Waals surface area contributed by atoms with Gasteiger partial charge in [0, 0.05) is 6.42 Å². The summed E-state index contributed by atoms with van der Waals surface area (Å²) in [6.07, 6.45) is 5.91. The van der Waals surface area contributed by atoms with Gasteiger partial charge in [-0.1, -0.05) is 31.3 Å². The van der Waals surface area contributed by atoms with Crippen molar-refractivity contribution in [3.63, 3.8) is 0 Å². The SMILES string of the molecule is CCCCC(=O)NC1(/C(N)=N/O)CCCC1. The number of nitrogens with one attached hydrogen (secondary N) is 1. The van der Waals surface area contributed by atoms with E-state index in [4.69, 9.17) is 10.9 Å². The van der Waals surface area contributed by atoms with E-state index in [1.54, 1.807) is 0 Å². The lowest BCUT2D eigenvalue weighted by molar-refractivity contribution is -0.122. The van der Waals surface area contributed by atoms with E-state index in [1.807, 2.05) is 6.92 Å². The number of nitrogens with zero attached hydrogens (tertiary/aromatic N) is 1. The molecule has 0 unspecified atom stereocenters. The fourth-order valence-corrected chi connectivity index (χ4v) is 2.19. The average Bonchev–Trinajstić information content (AvgIpc) is 2.75. The summed E-state index contributed by atoms with van der Waals surface area (Å²) in [5.41, 5.74) is 5.08. The fraction of sp³-hybridized carbons (Fsp3) is 0.818. The molecule has 4 N–H and O–H groups in total.